The Hall–Kier alpha value is -1.42. The van der Waals surface area contributed by atoms with Crippen LogP contribution in [0.25, 0.3) is 0 Å². The quantitative estimate of drug-likeness (QED) is 0.805. The second kappa shape index (κ2) is 4.40. The van der Waals surface area contributed by atoms with Crippen molar-refractivity contribution in [3.05, 3.63) is 39.8 Å². The van der Waals surface area contributed by atoms with Crippen molar-refractivity contribution in [3.8, 4) is 0 Å². The van der Waals surface area contributed by atoms with Crippen molar-refractivity contribution in [3.63, 3.8) is 0 Å². The molecule has 0 atom stereocenters. The smallest absolute Gasteiger partial charge is 0.117 e. The summed E-state index contributed by atoms with van der Waals surface area (Å²) in [6.45, 7) is 1.97. The normalized spacial score (nSPS) is 10.5. The first-order valence-corrected chi connectivity index (χ1v) is 5.69. The fourth-order valence-corrected chi connectivity index (χ4v) is 2.15. The van der Waals surface area contributed by atoms with Crippen LogP contribution in [-0.2, 0) is 12.8 Å². The standard InChI is InChI=1S/C11H13N3S/c1-8-13-14-11(15-8)6-5-9-3-2-4-10(12)7-9/h2-4,7H,5-6,12H2,1H3. The highest BCUT2D eigenvalue weighted by atomic mass is 32.1. The van der Waals surface area contributed by atoms with Crippen LogP contribution in [0.4, 0.5) is 5.69 Å². The SMILES string of the molecule is Cc1nnc(CCc2cccc(N)c2)s1. The van der Waals surface area contributed by atoms with Crippen LogP contribution in [0, 0.1) is 6.92 Å². The highest BCUT2D eigenvalue weighted by molar-refractivity contribution is 7.11. The van der Waals surface area contributed by atoms with Crippen molar-refractivity contribution in [2.75, 3.05) is 5.73 Å². The fraction of sp³-hybridized carbons (Fsp3) is 0.273. The summed E-state index contributed by atoms with van der Waals surface area (Å²) >= 11 is 1.66. The van der Waals surface area contributed by atoms with Gasteiger partial charge in [-0.2, -0.15) is 0 Å². The maximum absolute atomic E-state index is 5.71. The molecule has 0 aliphatic heterocycles. The molecule has 0 fully saturated rings. The van der Waals surface area contributed by atoms with Gasteiger partial charge in [0.05, 0.1) is 0 Å². The van der Waals surface area contributed by atoms with Crippen LogP contribution in [0.3, 0.4) is 0 Å². The Morgan fingerprint density at radius 2 is 2.13 bits per heavy atom. The number of nitrogens with zero attached hydrogens (tertiary/aromatic N) is 2. The number of hydrogen-bond donors (Lipinski definition) is 1. The third kappa shape index (κ3) is 2.76. The number of aryl methyl sites for hydroxylation is 3. The number of aromatic nitrogens is 2. The van der Waals surface area contributed by atoms with E-state index in [1.165, 1.54) is 5.56 Å². The highest BCUT2D eigenvalue weighted by Gasteiger charge is 2.01. The summed E-state index contributed by atoms with van der Waals surface area (Å²) < 4.78 is 0. The average Bonchev–Trinajstić information content (AvgIpc) is 2.62. The molecule has 2 N–H and O–H groups in total. The Balaban J connectivity index is 1.99. The van der Waals surface area contributed by atoms with Crippen molar-refractivity contribution in [1.82, 2.24) is 10.2 Å². The summed E-state index contributed by atoms with van der Waals surface area (Å²) in [6, 6.07) is 7.98. The van der Waals surface area contributed by atoms with Gasteiger partial charge in [0.2, 0.25) is 0 Å². The van der Waals surface area contributed by atoms with E-state index in [-0.39, 0.29) is 0 Å². The molecular formula is C11H13N3S. The number of hydrogen-bond acceptors (Lipinski definition) is 4. The molecule has 0 aliphatic rings. The number of rotatable bonds is 3. The zero-order chi connectivity index (χ0) is 10.7. The van der Waals surface area contributed by atoms with E-state index in [0.717, 1.165) is 28.5 Å². The molecule has 2 rings (SSSR count). The molecule has 0 amide bonds. The van der Waals surface area contributed by atoms with E-state index in [0.29, 0.717) is 0 Å². The molecule has 0 spiro atoms. The summed E-state index contributed by atoms with van der Waals surface area (Å²) in [7, 11) is 0. The van der Waals surface area contributed by atoms with Gasteiger partial charge >= 0.3 is 0 Å². The molecule has 0 unspecified atom stereocenters. The van der Waals surface area contributed by atoms with Gasteiger partial charge in [0.25, 0.3) is 0 Å². The second-order valence-corrected chi connectivity index (χ2v) is 4.73. The number of nitrogen functional groups attached to an aromatic ring is 1. The first-order valence-electron chi connectivity index (χ1n) is 4.87. The Labute approximate surface area is 93.0 Å². The first-order chi connectivity index (χ1) is 7.24. The van der Waals surface area contributed by atoms with E-state index < -0.39 is 0 Å². The molecule has 78 valence electrons. The van der Waals surface area contributed by atoms with Gasteiger partial charge in [0.15, 0.2) is 0 Å². The van der Waals surface area contributed by atoms with E-state index in [4.69, 9.17) is 5.73 Å². The Kier molecular flexibility index (Phi) is 2.97. The summed E-state index contributed by atoms with van der Waals surface area (Å²) in [5.41, 5.74) is 7.78. The van der Waals surface area contributed by atoms with Crippen molar-refractivity contribution >= 4 is 17.0 Å². The molecule has 4 heteroatoms. The molecule has 0 saturated carbocycles. The van der Waals surface area contributed by atoms with E-state index in [1.807, 2.05) is 25.1 Å². The molecular weight excluding hydrogens is 206 g/mol. The lowest BCUT2D eigenvalue weighted by molar-refractivity contribution is 0.898. The minimum absolute atomic E-state index is 0.820. The molecule has 1 heterocycles. The zero-order valence-corrected chi connectivity index (χ0v) is 9.42. The summed E-state index contributed by atoms with van der Waals surface area (Å²) in [4.78, 5) is 0. The van der Waals surface area contributed by atoms with Crippen LogP contribution in [-0.4, -0.2) is 10.2 Å². The van der Waals surface area contributed by atoms with Crippen LogP contribution < -0.4 is 5.73 Å². The lowest BCUT2D eigenvalue weighted by atomic mass is 10.1. The second-order valence-electron chi connectivity index (χ2n) is 3.46. The number of nitrogens with two attached hydrogens (primary N) is 1. The van der Waals surface area contributed by atoms with Gasteiger partial charge in [0.1, 0.15) is 10.0 Å². The summed E-state index contributed by atoms with van der Waals surface area (Å²) in [5, 5.41) is 10.2. The van der Waals surface area contributed by atoms with Crippen LogP contribution in [0.1, 0.15) is 15.6 Å². The molecule has 1 aromatic carbocycles. The monoisotopic (exact) mass is 219 g/mol. The van der Waals surface area contributed by atoms with Gasteiger partial charge in [-0.25, -0.2) is 0 Å². The molecule has 15 heavy (non-hydrogen) atoms. The van der Waals surface area contributed by atoms with E-state index in [2.05, 4.69) is 16.3 Å². The van der Waals surface area contributed by atoms with Gasteiger partial charge in [0, 0.05) is 12.1 Å². The average molecular weight is 219 g/mol. The first kappa shape index (κ1) is 10.1. The van der Waals surface area contributed by atoms with E-state index in [9.17, 15) is 0 Å². The minimum atomic E-state index is 0.820. The van der Waals surface area contributed by atoms with E-state index in [1.54, 1.807) is 11.3 Å². The third-order valence-corrected chi connectivity index (χ3v) is 3.04. The van der Waals surface area contributed by atoms with Crippen LogP contribution in [0.2, 0.25) is 0 Å². The van der Waals surface area contributed by atoms with Crippen molar-refractivity contribution < 1.29 is 0 Å². The van der Waals surface area contributed by atoms with Crippen LogP contribution in [0.5, 0.6) is 0 Å². The Morgan fingerprint density at radius 1 is 1.27 bits per heavy atom. The lowest BCUT2D eigenvalue weighted by Gasteiger charge is -1.99. The van der Waals surface area contributed by atoms with Gasteiger partial charge in [-0.05, 0) is 31.0 Å². The number of benzene rings is 1. The largest absolute Gasteiger partial charge is 0.399 e. The predicted molar refractivity (Wildman–Crippen MR) is 62.9 cm³/mol. The minimum Gasteiger partial charge on any atom is -0.399 e. The highest BCUT2D eigenvalue weighted by Crippen LogP contribution is 2.13. The summed E-state index contributed by atoms with van der Waals surface area (Å²) in [5.74, 6) is 0. The summed E-state index contributed by atoms with van der Waals surface area (Å²) in [6.07, 6.45) is 1.91. The van der Waals surface area contributed by atoms with E-state index >= 15 is 0 Å². The zero-order valence-electron chi connectivity index (χ0n) is 8.60. The van der Waals surface area contributed by atoms with Crippen molar-refractivity contribution in [2.24, 2.45) is 0 Å². The van der Waals surface area contributed by atoms with Crippen molar-refractivity contribution in [1.29, 1.82) is 0 Å². The lowest BCUT2D eigenvalue weighted by Crippen LogP contribution is -1.92. The molecule has 0 aliphatic carbocycles. The predicted octanol–water partition coefficient (Wildman–Crippen LogP) is 2.21. The molecule has 0 radical (unpaired) electrons. The molecule has 3 nitrogen and oxygen atoms in total. The fourth-order valence-electron chi connectivity index (χ4n) is 1.44. The van der Waals surface area contributed by atoms with Crippen LogP contribution in [0.15, 0.2) is 24.3 Å². The Bertz CT molecular complexity index is 451. The van der Waals surface area contributed by atoms with Gasteiger partial charge in [-0.3, -0.25) is 0 Å². The maximum atomic E-state index is 5.71. The topological polar surface area (TPSA) is 51.8 Å². The maximum Gasteiger partial charge on any atom is 0.117 e. The van der Waals surface area contributed by atoms with Crippen LogP contribution >= 0.6 is 11.3 Å². The molecule has 2 aromatic rings. The number of anilines is 1. The molecule has 0 bridgehead atoms. The molecule has 1 aromatic heterocycles. The third-order valence-electron chi connectivity index (χ3n) is 2.15. The Morgan fingerprint density at radius 3 is 2.80 bits per heavy atom. The van der Waals surface area contributed by atoms with Crippen molar-refractivity contribution in [2.45, 2.75) is 19.8 Å². The van der Waals surface area contributed by atoms with Gasteiger partial charge in [-0.1, -0.05) is 12.1 Å². The van der Waals surface area contributed by atoms with Gasteiger partial charge < -0.3 is 5.73 Å². The molecule has 0 saturated heterocycles. The van der Waals surface area contributed by atoms with Gasteiger partial charge in [-0.15, -0.1) is 21.5 Å².